The largest absolute Gasteiger partial charge is 0.451 e. The van der Waals surface area contributed by atoms with Crippen LogP contribution in [-0.2, 0) is 9.47 Å². The van der Waals surface area contributed by atoms with Gasteiger partial charge in [0.2, 0.25) is 6.43 Å². The van der Waals surface area contributed by atoms with Crippen molar-refractivity contribution < 1.29 is 37.0 Å². The second-order valence-electron chi connectivity index (χ2n) is 14.8. The first-order valence-corrected chi connectivity index (χ1v) is 16.9. The summed E-state index contributed by atoms with van der Waals surface area (Å²) in [5, 5.41) is 2.91. The molecule has 48 heavy (non-hydrogen) atoms. The first-order valence-electron chi connectivity index (χ1n) is 16.9. The fraction of sp³-hybridized carbons (Fsp3) is 0.657. The minimum Gasteiger partial charge on any atom is -0.451 e. The maximum Gasteiger partial charge on any atom is 0.407 e. The Bertz CT molecular complexity index is 1410. The highest BCUT2D eigenvalue weighted by Gasteiger charge is 2.46. The van der Waals surface area contributed by atoms with Crippen LogP contribution >= 0.6 is 0 Å². The van der Waals surface area contributed by atoms with Gasteiger partial charge >= 0.3 is 6.09 Å². The van der Waals surface area contributed by atoms with Gasteiger partial charge in [-0.05, 0) is 83.7 Å². The van der Waals surface area contributed by atoms with E-state index in [1.54, 1.807) is 13.8 Å². The van der Waals surface area contributed by atoms with E-state index < -0.39 is 42.1 Å². The van der Waals surface area contributed by atoms with E-state index in [1.165, 1.54) is 24.7 Å². The molecule has 1 aromatic carbocycles. The molecule has 5 rings (SSSR count). The molecule has 2 aromatic rings. The summed E-state index contributed by atoms with van der Waals surface area (Å²) >= 11 is 0. The van der Waals surface area contributed by atoms with Crippen molar-refractivity contribution in [2.24, 2.45) is 17.3 Å². The van der Waals surface area contributed by atoms with Gasteiger partial charge in [0.05, 0.1) is 30.5 Å². The molecule has 3 aliphatic heterocycles. The number of likely N-dealkylation sites (tertiary alicyclic amines) is 1. The summed E-state index contributed by atoms with van der Waals surface area (Å²) in [4.78, 5) is 38.6. The van der Waals surface area contributed by atoms with E-state index in [1.807, 2.05) is 20.8 Å². The van der Waals surface area contributed by atoms with Crippen molar-refractivity contribution in [1.82, 2.24) is 20.2 Å². The van der Waals surface area contributed by atoms with E-state index in [0.717, 1.165) is 64.5 Å². The van der Waals surface area contributed by atoms with E-state index >= 15 is 0 Å². The lowest BCUT2D eigenvalue weighted by Crippen LogP contribution is -2.61. The molecule has 1 spiro atoms. The van der Waals surface area contributed by atoms with Crippen LogP contribution in [0.2, 0.25) is 0 Å². The van der Waals surface area contributed by atoms with Crippen LogP contribution < -0.4 is 15.0 Å². The van der Waals surface area contributed by atoms with Gasteiger partial charge in [0.1, 0.15) is 23.5 Å². The smallest absolute Gasteiger partial charge is 0.407 e. The number of nitrogens with one attached hydrogen (secondary N) is 1. The number of alkyl halides is 2. The molecule has 4 heterocycles. The number of aromatic nitrogens is 2. The molecule has 3 aliphatic rings. The van der Waals surface area contributed by atoms with E-state index in [2.05, 4.69) is 25.1 Å². The summed E-state index contributed by atoms with van der Waals surface area (Å²) in [6.45, 7) is 13.7. The average Bonchev–Trinajstić information content (AvgIpc) is 3.00. The van der Waals surface area contributed by atoms with Gasteiger partial charge in [0.15, 0.2) is 17.4 Å². The van der Waals surface area contributed by atoms with Crippen LogP contribution in [0.15, 0.2) is 30.7 Å². The monoisotopic (exact) mass is 675 g/mol. The number of halogens is 3. The van der Waals surface area contributed by atoms with Crippen molar-refractivity contribution in [3.63, 3.8) is 0 Å². The Kier molecular flexibility index (Phi) is 11.2. The summed E-state index contributed by atoms with van der Waals surface area (Å²) in [6.07, 6.45) is 3.15. The number of Topliss-reactive ketones (excluding diaryl/α,β-unsaturated/α-hetero) is 1. The van der Waals surface area contributed by atoms with Gasteiger partial charge in [-0.3, -0.25) is 4.79 Å². The first kappa shape index (κ1) is 35.8. The molecule has 1 unspecified atom stereocenters. The van der Waals surface area contributed by atoms with E-state index in [9.17, 15) is 22.8 Å². The summed E-state index contributed by atoms with van der Waals surface area (Å²) in [5.41, 5.74) is -0.468. The summed E-state index contributed by atoms with van der Waals surface area (Å²) in [6, 6.07) is 3.53. The zero-order valence-electron chi connectivity index (χ0n) is 28.5. The highest BCUT2D eigenvalue weighted by molar-refractivity contribution is 6.00. The number of anilines is 1. The van der Waals surface area contributed by atoms with Crippen molar-refractivity contribution in [3.8, 4) is 11.5 Å². The number of amides is 1. The zero-order valence-corrected chi connectivity index (χ0v) is 28.5. The van der Waals surface area contributed by atoms with Crippen LogP contribution in [-0.4, -0.2) is 90.2 Å². The number of hydrogen-bond donors (Lipinski definition) is 1. The van der Waals surface area contributed by atoms with Crippen LogP contribution in [0.5, 0.6) is 11.5 Å². The lowest BCUT2D eigenvalue weighted by Gasteiger charge is -2.54. The van der Waals surface area contributed by atoms with Gasteiger partial charge in [-0.2, -0.15) is 0 Å². The molecule has 264 valence electrons. The predicted molar refractivity (Wildman–Crippen MR) is 174 cm³/mol. The van der Waals surface area contributed by atoms with Crippen molar-refractivity contribution in [2.75, 3.05) is 44.2 Å². The number of alkyl carbamates (subject to hydrolysis) is 1. The number of ether oxygens (including phenoxy) is 3. The predicted octanol–water partition coefficient (Wildman–Crippen LogP) is 6.49. The molecule has 3 fully saturated rings. The van der Waals surface area contributed by atoms with Gasteiger partial charge in [-0.15, -0.1) is 0 Å². The summed E-state index contributed by atoms with van der Waals surface area (Å²) < 4.78 is 58.5. The Morgan fingerprint density at radius 3 is 2.48 bits per heavy atom. The van der Waals surface area contributed by atoms with Gasteiger partial charge in [0.25, 0.3) is 0 Å². The number of rotatable bonds is 11. The highest BCUT2D eigenvalue weighted by Crippen LogP contribution is 2.45. The number of piperidine rings is 1. The van der Waals surface area contributed by atoms with Gasteiger partial charge in [0, 0.05) is 37.4 Å². The molecule has 3 saturated heterocycles. The number of carbonyl (C=O) groups excluding carboxylic acids is 2. The molecule has 0 radical (unpaired) electrons. The molecule has 0 bridgehead atoms. The van der Waals surface area contributed by atoms with E-state index in [4.69, 9.17) is 14.2 Å². The molecule has 1 N–H and O–H groups in total. The topological polar surface area (TPSA) is 106 Å². The molecular formula is C35H48F3N5O5. The number of nitrogens with zero attached hydrogens (tertiary/aromatic N) is 4. The Labute approximate surface area is 280 Å². The van der Waals surface area contributed by atoms with Crippen LogP contribution in [0.3, 0.4) is 0 Å². The number of benzene rings is 1. The standard InChI is InChI=1S/C35H48F3N5O5/c1-22(2)26(15-30(37)38)31(44)27-14-23(36)6-9-28(27)47-29-16-39-21-40-32(29)43-19-35(20-43)10-12-42(13-11-35)17-25-8-7-24(18-46-25)41-33(45)48-34(3,4)5/h6,9,14,16,21-22,24-26,30H,7-8,10-13,15,17-20H2,1-5H3,(H,41,45)/t24-,25+,26?/m1/s1. The van der Waals surface area contributed by atoms with Crippen LogP contribution in [0.4, 0.5) is 23.8 Å². The number of hydrogen-bond acceptors (Lipinski definition) is 9. The SMILES string of the molecule is CC(C)C(CC(F)F)C(=O)c1cc(F)ccc1Oc1cncnc1N1CC2(CCN(C[C@@H]3CC[C@@H](NC(=O)OC(C)(C)C)CO3)CC2)C1. The van der Waals surface area contributed by atoms with Crippen LogP contribution in [0.25, 0.3) is 0 Å². The molecule has 0 aliphatic carbocycles. The Morgan fingerprint density at radius 1 is 1.12 bits per heavy atom. The Balaban J connectivity index is 1.14. The molecule has 10 nitrogen and oxygen atoms in total. The average molecular weight is 676 g/mol. The summed E-state index contributed by atoms with van der Waals surface area (Å²) in [7, 11) is 0. The molecule has 0 saturated carbocycles. The third-order valence-corrected chi connectivity index (χ3v) is 9.48. The zero-order chi connectivity index (χ0) is 34.6. The lowest BCUT2D eigenvalue weighted by atomic mass is 9.72. The lowest BCUT2D eigenvalue weighted by molar-refractivity contribution is -0.0347. The quantitative estimate of drug-likeness (QED) is 0.268. The van der Waals surface area contributed by atoms with Crippen molar-refractivity contribution in [3.05, 3.63) is 42.1 Å². The fourth-order valence-electron chi connectivity index (χ4n) is 6.86. The second kappa shape index (κ2) is 15.0. The van der Waals surface area contributed by atoms with Crippen LogP contribution in [0.1, 0.15) is 77.1 Å². The summed E-state index contributed by atoms with van der Waals surface area (Å²) in [5.74, 6) is -1.61. The molecule has 1 amide bonds. The van der Waals surface area contributed by atoms with E-state index in [-0.39, 0.29) is 34.8 Å². The number of carbonyl (C=O) groups is 2. The maximum absolute atomic E-state index is 14.3. The van der Waals surface area contributed by atoms with Crippen molar-refractivity contribution >= 4 is 17.7 Å². The normalized spacial score (nSPS) is 22.0. The number of ketones is 1. The minimum absolute atomic E-state index is 0.0464. The Hall–Kier alpha value is -3.45. The molecule has 13 heteroatoms. The Morgan fingerprint density at radius 2 is 1.85 bits per heavy atom. The second-order valence-corrected chi connectivity index (χ2v) is 14.8. The van der Waals surface area contributed by atoms with E-state index in [0.29, 0.717) is 18.2 Å². The van der Waals surface area contributed by atoms with Crippen molar-refractivity contribution in [2.45, 2.75) is 90.9 Å². The van der Waals surface area contributed by atoms with Crippen LogP contribution in [0, 0.1) is 23.1 Å². The van der Waals surface area contributed by atoms with Gasteiger partial charge in [-0.1, -0.05) is 13.8 Å². The molecular weight excluding hydrogens is 627 g/mol. The van der Waals surface area contributed by atoms with Gasteiger partial charge < -0.3 is 29.3 Å². The third kappa shape index (κ3) is 9.16. The van der Waals surface area contributed by atoms with Gasteiger partial charge in [-0.25, -0.2) is 27.9 Å². The highest BCUT2D eigenvalue weighted by atomic mass is 19.3. The first-order chi connectivity index (χ1) is 22.7. The maximum atomic E-state index is 14.3. The molecule has 1 aromatic heterocycles. The fourth-order valence-corrected chi connectivity index (χ4v) is 6.86. The van der Waals surface area contributed by atoms with Crippen molar-refractivity contribution in [1.29, 1.82) is 0 Å². The minimum atomic E-state index is -2.66. The third-order valence-electron chi connectivity index (χ3n) is 9.48. The molecule has 3 atom stereocenters.